The number of hydrogen-bond acceptors (Lipinski definition) is 2. The van der Waals surface area contributed by atoms with E-state index in [0.717, 1.165) is 21.7 Å². The molecule has 3 atom stereocenters. The molecule has 3 nitrogen and oxygen atoms in total. The second-order valence-corrected chi connectivity index (χ2v) is 7.65. The molecule has 0 amide bonds. The quantitative estimate of drug-likeness (QED) is 0.798. The number of hydrogen-bond donors (Lipinski definition) is 1. The van der Waals surface area contributed by atoms with Crippen LogP contribution in [-0.2, 0) is 4.79 Å². The average molecular weight is 388 g/mol. The number of pyridine rings is 1. The first-order valence-corrected chi connectivity index (χ1v) is 9.18. The van der Waals surface area contributed by atoms with Crippen molar-refractivity contribution in [2.45, 2.75) is 29.5 Å². The van der Waals surface area contributed by atoms with Crippen molar-refractivity contribution < 1.29 is 9.90 Å². The average Bonchev–Trinajstić information content (AvgIpc) is 2.61. The third kappa shape index (κ3) is 4.17. The Kier molecular flexibility index (Phi) is 5.49. The standard InChI is InChI=1S/C21H19Cl2NO2/c1-14(10-20(25)26)16-5-2-4-15(11-16)7-8-21(23)13-18-17(12-19(21)22)6-3-9-24-18/h2-9,11-14,19H,10H2,1H3,(H,25,26). The van der Waals surface area contributed by atoms with Gasteiger partial charge in [0.25, 0.3) is 0 Å². The van der Waals surface area contributed by atoms with Crippen LogP contribution in [-0.4, -0.2) is 26.3 Å². The zero-order chi connectivity index (χ0) is 18.7. The van der Waals surface area contributed by atoms with Crippen LogP contribution in [0.3, 0.4) is 0 Å². The number of fused-ring (bicyclic) bond motifs is 1. The molecule has 3 unspecified atom stereocenters. The SMILES string of the molecule is CC(CC(=O)O)c1cccc(C=CC2(Cl)C=c3ncccc3=CC2Cl)c1. The highest BCUT2D eigenvalue weighted by Crippen LogP contribution is 2.31. The number of carboxylic acid groups (broad SMARTS) is 1. The van der Waals surface area contributed by atoms with Crippen molar-refractivity contribution in [3.8, 4) is 0 Å². The van der Waals surface area contributed by atoms with Crippen LogP contribution in [0.15, 0.2) is 48.7 Å². The highest BCUT2D eigenvalue weighted by Gasteiger charge is 2.31. The molecule has 1 aliphatic carbocycles. The summed E-state index contributed by atoms with van der Waals surface area (Å²) in [5.74, 6) is -0.862. The second kappa shape index (κ2) is 7.65. The topological polar surface area (TPSA) is 50.2 Å². The first-order valence-electron chi connectivity index (χ1n) is 8.37. The predicted octanol–water partition coefficient (Wildman–Crippen LogP) is 3.53. The Bertz CT molecular complexity index is 970. The van der Waals surface area contributed by atoms with Crippen LogP contribution in [0.2, 0.25) is 0 Å². The molecule has 26 heavy (non-hydrogen) atoms. The van der Waals surface area contributed by atoms with E-state index in [9.17, 15) is 4.79 Å². The Morgan fingerprint density at radius 3 is 2.96 bits per heavy atom. The van der Waals surface area contributed by atoms with Crippen molar-refractivity contribution in [2.75, 3.05) is 0 Å². The smallest absolute Gasteiger partial charge is 0.303 e. The van der Waals surface area contributed by atoms with Crippen LogP contribution < -0.4 is 10.6 Å². The predicted molar refractivity (Wildman–Crippen MR) is 107 cm³/mol. The minimum atomic E-state index is -0.869. The Balaban J connectivity index is 1.88. The van der Waals surface area contributed by atoms with Crippen molar-refractivity contribution in [2.24, 2.45) is 0 Å². The van der Waals surface area contributed by atoms with Gasteiger partial charge in [-0.05, 0) is 34.4 Å². The highest BCUT2D eigenvalue weighted by molar-refractivity contribution is 6.38. The molecule has 1 aliphatic rings. The molecule has 1 heterocycles. The van der Waals surface area contributed by atoms with Gasteiger partial charge >= 0.3 is 5.97 Å². The number of aliphatic carboxylic acids is 1. The van der Waals surface area contributed by atoms with Crippen molar-refractivity contribution in [1.29, 1.82) is 0 Å². The molecular formula is C21H19Cl2NO2. The summed E-state index contributed by atoms with van der Waals surface area (Å²) in [5.41, 5.74) is 1.93. The maximum Gasteiger partial charge on any atom is 0.303 e. The molecule has 0 radical (unpaired) electrons. The van der Waals surface area contributed by atoms with E-state index in [0.29, 0.717) is 0 Å². The van der Waals surface area contributed by atoms with Gasteiger partial charge < -0.3 is 5.11 Å². The second-order valence-electron chi connectivity index (χ2n) is 6.52. The zero-order valence-electron chi connectivity index (χ0n) is 14.3. The number of carbonyl (C=O) groups is 1. The Morgan fingerprint density at radius 1 is 1.38 bits per heavy atom. The largest absolute Gasteiger partial charge is 0.481 e. The third-order valence-corrected chi connectivity index (χ3v) is 5.54. The van der Waals surface area contributed by atoms with E-state index in [-0.39, 0.29) is 12.3 Å². The van der Waals surface area contributed by atoms with E-state index in [1.165, 1.54) is 0 Å². The maximum absolute atomic E-state index is 10.9. The molecule has 0 aliphatic heterocycles. The number of allylic oxidation sites excluding steroid dienone is 1. The Hall–Kier alpha value is -2.10. The molecule has 0 bridgehead atoms. The Morgan fingerprint density at radius 2 is 2.19 bits per heavy atom. The molecule has 1 N–H and O–H groups in total. The van der Waals surface area contributed by atoms with Crippen molar-refractivity contribution >= 4 is 47.4 Å². The lowest BCUT2D eigenvalue weighted by atomic mass is 9.94. The summed E-state index contributed by atoms with van der Waals surface area (Å²) >= 11 is 13.2. The van der Waals surface area contributed by atoms with Crippen LogP contribution in [0.1, 0.15) is 30.4 Å². The van der Waals surface area contributed by atoms with Gasteiger partial charge in [0.1, 0.15) is 4.87 Å². The molecule has 2 aromatic rings. The van der Waals surface area contributed by atoms with E-state index >= 15 is 0 Å². The molecule has 0 fully saturated rings. The zero-order valence-corrected chi connectivity index (χ0v) is 15.8. The van der Waals surface area contributed by atoms with Gasteiger partial charge in [-0.25, -0.2) is 0 Å². The number of alkyl halides is 2. The lowest BCUT2D eigenvalue weighted by Gasteiger charge is -2.25. The van der Waals surface area contributed by atoms with Crippen molar-refractivity contribution in [3.05, 3.63) is 70.4 Å². The van der Waals surface area contributed by atoms with Gasteiger partial charge in [0.05, 0.1) is 17.1 Å². The fourth-order valence-corrected chi connectivity index (χ4v) is 3.48. The molecule has 0 saturated carbocycles. The number of carboxylic acids is 1. The normalized spacial score (nSPS) is 23.0. The monoisotopic (exact) mass is 387 g/mol. The van der Waals surface area contributed by atoms with Gasteiger partial charge in [-0.3, -0.25) is 9.78 Å². The lowest BCUT2D eigenvalue weighted by molar-refractivity contribution is -0.137. The lowest BCUT2D eigenvalue weighted by Crippen LogP contribution is -2.41. The summed E-state index contributed by atoms with van der Waals surface area (Å²) in [6.45, 7) is 1.90. The summed E-state index contributed by atoms with van der Waals surface area (Å²) in [6, 6.07) is 11.6. The summed E-state index contributed by atoms with van der Waals surface area (Å²) in [5, 5.41) is 10.4. The third-order valence-electron chi connectivity index (χ3n) is 4.47. The van der Waals surface area contributed by atoms with E-state index in [1.54, 1.807) is 6.20 Å². The van der Waals surface area contributed by atoms with Crippen LogP contribution in [0.25, 0.3) is 18.2 Å². The van der Waals surface area contributed by atoms with E-state index in [4.69, 9.17) is 28.3 Å². The van der Waals surface area contributed by atoms with Crippen LogP contribution in [0.4, 0.5) is 0 Å². The van der Waals surface area contributed by atoms with Gasteiger partial charge in [-0.2, -0.15) is 0 Å². The van der Waals surface area contributed by atoms with E-state index in [1.807, 2.05) is 67.6 Å². The first kappa shape index (κ1) is 18.7. The number of aromatic nitrogens is 1. The number of rotatable bonds is 5. The van der Waals surface area contributed by atoms with Crippen LogP contribution in [0.5, 0.6) is 0 Å². The number of halogens is 2. The van der Waals surface area contributed by atoms with Gasteiger partial charge in [-0.1, -0.05) is 55.5 Å². The highest BCUT2D eigenvalue weighted by atomic mass is 35.5. The van der Waals surface area contributed by atoms with E-state index < -0.39 is 16.2 Å². The van der Waals surface area contributed by atoms with Gasteiger partial charge in [0, 0.05) is 6.20 Å². The maximum atomic E-state index is 10.9. The summed E-state index contributed by atoms with van der Waals surface area (Å²) in [6.07, 6.45) is 9.38. The van der Waals surface area contributed by atoms with E-state index in [2.05, 4.69) is 4.98 Å². The molecule has 1 aromatic heterocycles. The number of nitrogens with zero attached hydrogens (tertiary/aromatic N) is 1. The van der Waals surface area contributed by atoms with Gasteiger partial charge in [0.15, 0.2) is 0 Å². The first-order chi connectivity index (χ1) is 12.4. The minimum absolute atomic E-state index is 0.0581. The van der Waals surface area contributed by atoms with Crippen molar-refractivity contribution in [1.82, 2.24) is 4.98 Å². The van der Waals surface area contributed by atoms with Gasteiger partial charge in [-0.15, -0.1) is 23.2 Å². The summed E-state index contributed by atoms with van der Waals surface area (Å²) < 4.78 is 0. The summed E-state index contributed by atoms with van der Waals surface area (Å²) in [7, 11) is 0. The molecule has 0 spiro atoms. The Labute approximate surface area is 162 Å². The molecule has 5 heteroatoms. The molecule has 1 aromatic carbocycles. The molecular weight excluding hydrogens is 369 g/mol. The van der Waals surface area contributed by atoms with Crippen LogP contribution >= 0.6 is 23.2 Å². The fraction of sp³-hybridized carbons (Fsp3) is 0.238. The molecule has 3 rings (SSSR count). The molecule has 134 valence electrons. The van der Waals surface area contributed by atoms with Crippen molar-refractivity contribution in [3.63, 3.8) is 0 Å². The number of benzene rings is 1. The molecule has 0 saturated heterocycles. The fourth-order valence-electron chi connectivity index (χ4n) is 2.98. The van der Waals surface area contributed by atoms with Gasteiger partial charge in [0.2, 0.25) is 0 Å². The van der Waals surface area contributed by atoms with Crippen LogP contribution in [0, 0.1) is 0 Å². The summed E-state index contributed by atoms with van der Waals surface area (Å²) in [4.78, 5) is 14.4. The minimum Gasteiger partial charge on any atom is -0.481 e.